The lowest BCUT2D eigenvalue weighted by atomic mass is 10.0. The summed E-state index contributed by atoms with van der Waals surface area (Å²) >= 11 is 1.19. The van der Waals surface area contributed by atoms with Crippen molar-refractivity contribution in [2.24, 2.45) is 0 Å². The minimum absolute atomic E-state index is 0.0685. The predicted octanol–water partition coefficient (Wildman–Crippen LogP) is 3.88. The number of piperidine rings is 1. The van der Waals surface area contributed by atoms with Crippen LogP contribution in [0.15, 0.2) is 52.1 Å². The van der Waals surface area contributed by atoms with Gasteiger partial charge in [-0.15, -0.1) is 11.3 Å². The molecule has 0 spiro atoms. The zero-order chi connectivity index (χ0) is 22.2. The van der Waals surface area contributed by atoms with Gasteiger partial charge in [-0.05, 0) is 68.5 Å². The maximum atomic E-state index is 13.3. The predicted molar refractivity (Wildman–Crippen MR) is 119 cm³/mol. The summed E-state index contributed by atoms with van der Waals surface area (Å²) in [6.45, 7) is 4.76. The van der Waals surface area contributed by atoms with E-state index in [4.69, 9.17) is 0 Å². The summed E-state index contributed by atoms with van der Waals surface area (Å²) in [5.41, 5.74) is 3.11. The number of hydrogen-bond acceptors (Lipinski definition) is 4. The fourth-order valence-electron chi connectivity index (χ4n) is 4.03. The first-order valence-electron chi connectivity index (χ1n) is 10.1. The summed E-state index contributed by atoms with van der Waals surface area (Å²) in [5, 5.41) is 1.73. The number of carbonyl (C=O) groups excluding carboxylic acids is 1. The number of likely N-dealkylation sites (tertiary alicyclic amines) is 1. The molecule has 6 nitrogen and oxygen atoms in total. The van der Waals surface area contributed by atoms with Crippen LogP contribution in [0.4, 0.5) is 4.39 Å². The third kappa shape index (κ3) is 4.44. The van der Waals surface area contributed by atoms with E-state index < -0.39 is 10.0 Å². The number of aryl methyl sites for hydroxylation is 1. The average molecular weight is 462 g/mol. The van der Waals surface area contributed by atoms with Crippen LogP contribution < -0.4 is 4.72 Å². The molecule has 0 bridgehead atoms. The average Bonchev–Trinajstić information content (AvgIpc) is 3.38. The number of benzene rings is 1. The van der Waals surface area contributed by atoms with E-state index >= 15 is 0 Å². The third-order valence-corrected chi connectivity index (χ3v) is 8.53. The Hall–Kier alpha value is -2.49. The van der Waals surface area contributed by atoms with E-state index in [1.165, 1.54) is 23.5 Å². The van der Waals surface area contributed by atoms with Crippen LogP contribution >= 0.6 is 11.3 Å². The van der Waals surface area contributed by atoms with Crippen molar-refractivity contribution < 1.29 is 17.6 Å². The minimum Gasteiger partial charge on any atom is -0.338 e. The first kappa shape index (κ1) is 21.7. The van der Waals surface area contributed by atoms with Gasteiger partial charge in [-0.1, -0.05) is 6.07 Å². The quantitative estimate of drug-likeness (QED) is 0.627. The van der Waals surface area contributed by atoms with Gasteiger partial charge in [-0.3, -0.25) is 4.79 Å². The van der Waals surface area contributed by atoms with Crippen molar-refractivity contribution in [1.82, 2.24) is 14.2 Å². The fraction of sp³-hybridized carbons (Fsp3) is 0.318. The Bertz CT molecular complexity index is 1180. The summed E-state index contributed by atoms with van der Waals surface area (Å²) < 4.78 is 43.1. The zero-order valence-corrected chi connectivity index (χ0v) is 19.0. The summed E-state index contributed by atoms with van der Waals surface area (Å²) in [7, 11) is -3.51. The van der Waals surface area contributed by atoms with Crippen molar-refractivity contribution in [3.05, 3.63) is 70.6 Å². The van der Waals surface area contributed by atoms with Crippen molar-refractivity contribution in [3.8, 4) is 5.69 Å². The van der Waals surface area contributed by atoms with Gasteiger partial charge in [0.1, 0.15) is 10.0 Å². The van der Waals surface area contributed by atoms with E-state index in [2.05, 4.69) is 4.72 Å². The summed E-state index contributed by atoms with van der Waals surface area (Å²) in [6.07, 6.45) is 1.13. The van der Waals surface area contributed by atoms with Crippen LogP contribution in [0.2, 0.25) is 0 Å². The molecule has 2 aromatic heterocycles. The molecule has 164 valence electrons. The number of aromatic nitrogens is 1. The van der Waals surface area contributed by atoms with Crippen molar-refractivity contribution in [2.75, 3.05) is 13.1 Å². The van der Waals surface area contributed by atoms with E-state index in [0.717, 1.165) is 17.1 Å². The smallest absolute Gasteiger partial charge is 0.255 e. The van der Waals surface area contributed by atoms with Gasteiger partial charge in [-0.25, -0.2) is 17.5 Å². The van der Waals surface area contributed by atoms with Crippen LogP contribution in [-0.2, 0) is 10.0 Å². The fourth-order valence-corrected chi connectivity index (χ4v) is 6.35. The van der Waals surface area contributed by atoms with Crippen LogP contribution in [0.25, 0.3) is 5.69 Å². The van der Waals surface area contributed by atoms with Crippen molar-refractivity contribution in [3.63, 3.8) is 0 Å². The Morgan fingerprint density at radius 2 is 1.81 bits per heavy atom. The molecule has 0 unspecified atom stereocenters. The second-order valence-electron chi connectivity index (χ2n) is 7.72. The number of thiophene rings is 1. The van der Waals surface area contributed by atoms with Gasteiger partial charge < -0.3 is 9.47 Å². The molecule has 0 atom stereocenters. The van der Waals surface area contributed by atoms with E-state index in [1.54, 1.807) is 34.5 Å². The lowest BCUT2D eigenvalue weighted by Crippen LogP contribution is -2.46. The normalized spacial score (nSPS) is 15.4. The molecule has 1 saturated heterocycles. The molecule has 1 aliphatic heterocycles. The molecule has 0 radical (unpaired) electrons. The summed E-state index contributed by atoms with van der Waals surface area (Å²) in [5.74, 6) is -0.374. The Labute approximate surface area is 185 Å². The van der Waals surface area contributed by atoms with Gasteiger partial charge in [0.25, 0.3) is 5.91 Å². The van der Waals surface area contributed by atoms with Gasteiger partial charge in [0.15, 0.2) is 0 Å². The van der Waals surface area contributed by atoms with Gasteiger partial charge in [0.2, 0.25) is 10.0 Å². The van der Waals surface area contributed by atoms with Crippen LogP contribution in [0, 0.1) is 19.7 Å². The minimum atomic E-state index is -3.51. The second kappa shape index (κ2) is 8.57. The van der Waals surface area contributed by atoms with Crippen molar-refractivity contribution in [2.45, 2.75) is 36.9 Å². The van der Waals surface area contributed by atoms with Crippen molar-refractivity contribution in [1.29, 1.82) is 0 Å². The molecule has 31 heavy (non-hydrogen) atoms. The molecule has 0 saturated carbocycles. The van der Waals surface area contributed by atoms with Gasteiger partial charge >= 0.3 is 0 Å². The number of sulfonamides is 1. The van der Waals surface area contributed by atoms with Crippen LogP contribution in [0.3, 0.4) is 0 Å². The summed E-state index contributed by atoms with van der Waals surface area (Å²) in [6, 6.07) is 11.1. The Morgan fingerprint density at radius 1 is 1.13 bits per heavy atom. The number of carbonyl (C=O) groups is 1. The molecule has 0 aliphatic carbocycles. The first-order valence-corrected chi connectivity index (χ1v) is 12.4. The van der Waals surface area contributed by atoms with Crippen LogP contribution in [0.5, 0.6) is 0 Å². The highest BCUT2D eigenvalue weighted by Crippen LogP contribution is 2.24. The zero-order valence-electron chi connectivity index (χ0n) is 17.3. The van der Waals surface area contributed by atoms with Gasteiger partial charge in [0, 0.05) is 36.2 Å². The Balaban J connectivity index is 1.45. The molecule has 3 heterocycles. The molecule has 1 aromatic carbocycles. The highest BCUT2D eigenvalue weighted by Gasteiger charge is 2.29. The van der Waals surface area contributed by atoms with Crippen LogP contribution in [-0.4, -0.2) is 42.9 Å². The summed E-state index contributed by atoms with van der Waals surface area (Å²) in [4.78, 5) is 14.9. The number of halogens is 1. The number of nitrogens with zero attached hydrogens (tertiary/aromatic N) is 2. The molecule has 1 N–H and O–H groups in total. The Morgan fingerprint density at radius 3 is 2.42 bits per heavy atom. The first-order chi connectivity index (χ1) is 14.8. The van der Waals surface area contributed by atoms with Crippen molar-refractivity contribution >= 4 is 27.3 Å². The third-order valence-electron chi connectivity index (χ3n) is 5.61. The Kier molecular flexibility index (Phi) is 6.00. The molecule has 1 fully saturated rings. The highest BCUT2D eigenvalue weighted by atomic mass is 32.2. The van der Waals surface area contributed by atoms with Gasteiger partial charge in [-0.2, -0.15) is 0 Å². The molecular formula is C22H24FN3O3S2. The standard InChI is InChI=1S/C22H24FN3O3S2/c1-15-14-20(16(2)26(15)19-7-5-17(23)6-8-19)22(27)25-11-9-18(10-12-25)24-31(28,29)21-4-3-13-30-21/h3-8,13-14,18,24H,9-12H2,1-2H3. The molecule has 3 aromatic rings. The number of amides is 1. The van der Waals surface area contributed by atoms with E-state index in [1.807, 2.05) is 24.5 Å². The lowest BCUT2D eigenvalue weighted by Gasteiger charge is -2.32. The number of rotatable bonds is 5. The lowest BCUT2D eigenvalue weighted by molar-refractivity contribution is 0.0710. The monoisotopic (exact) mass is 461 g/mol. The van der Waals surface area contributed by atoms with Crippen LogP contribution in [0.1, 0.15) is 34.6 Å². The molecule has 9 heteroatoms. The topological polar surface area (TPSA) is 71.4 Å². The largest absolute Gasteiger partial charge is 0.338 e. The SMILES string of the molecule is Cc1cc(C(=O)N2CCC(NS(=O)(=O)c3cccs3)CC2)c(C)n1-c1ccc(F)cc1. The van der Waals surface area contributed by atoms with Gasteiger partial charge in [0.05, 0.1) is 5.56 Å². The number of nitrogens with one attached hydrogen (secondary N) is 1. The highest BCUT2D eigenvalue weighted by molar-refractivity contribution is 7.91. The van der Waals surface area contributed by atoms with E-state index in [0.29, 0.717) is 35.7 Å². The maximum absolute atomic E-state index is 13.3. The maximum Gasteiger partial charge on any atom is 0.255 e. The molecule has 4 rings (SSSR count). The second-order valence-corrected chi connectivity index (χ2v) is 10.6. The van der Waals surface area contributed by atoms with E-state index in [-0.39, 0.29) is 17.8 Å². The molecule has 1 amide bonds. The number of hydrogen-bond donors (Lipinski definition) is 1. The molecular weight excluding hydrogens is 437 g/mol. The molecule has 1 aliphatic rings. The van der Waals surface area contributed by atoms with E-state index in [9.17, 15) is 17.6 Å².